The summed E-state index contributed by atoms with van der Waals surface area (Å²) in [7, 11) is 0. The fourth-order valence-electron chi connectivity index (χ4n) is 1.30. The van der Waals surface area contributed by atoms with E-state index in [1.807, 2.05) is 19.1 Å². The van der Waals surface area contributed by atoms with Gasteiger partial charge in [0.25, 0.3) is 0 Å². The normalized spacial score (nSPS) is 11.5. The van der Waals surface area contributed by atoms with E-state index in [1.165, 1.54) is 6.92 Å². The van der Waals surface area contributed by atoms with Gasteiger partial charge >= 0.3 is 5.97 Å². The van der Waals surface area contributed by atoms with Gasteiger partial charge in [0, 0.05) is 20.0 Å². The van der Waals surface area contributed by atoms with E-state index in [0.29, 0.717) is 12.8 Å². The van der Waals surface area contributed by atoms with E-state index in [9.17, 15) is 4.79 Å². The molecule has 0 bridgehead atoms. The van der Waals surface area contributed by atoms with Crippen molar-refractivity contribution in [3.63, 3.8) is 0 Å². The van der Waals surface area contributed by atoms with Crippen molar-refractivity contribution in [2.24, 2.45) is 0 Å². The van der Waals surface area contributed by atoms with Crippen molar-refractivity contribution in [2.75, 3.05) is 6.61 Å². The summed E-state index contributed by atoms with van der Waals surface area (Å²) in [6.45, 7) is 3.28. The quantitative estimate of drug-likeness (QED) is 0.588. The van der Waals surface area contributed by atoms with Gasteiger partial charge in [-0.1, -0.05) is 24.0 Å². The van der Waals surface area contributed by atoms with Crippen molar-refractivity contribution in [3.05, 3.63) is 24.3 Å². The molecule has 0 aliphatic rings. The molecule has 3 heteroatoms. The minimum Gasteiger partial charge on any atom is -0.462 e. The molecule has 1 N–H and O–H groups in total. The van der Waals surface area contributed by atoms with Crippen molar-refractivity contribution < 1.29 is 14.6 Å². The number of carbonyl (C=O) groups is 1. The highest BCUT2D eigenvalue weighted by Gasteiger charge is 2.09. The molecule has 0 rings (SSSR count). The predicted molar refractivity (Wildman–Crippen MR) is 76.0 cm³/mol. The minimum absolute atomic E-state index is 0.0159. The second-order valence-electron chi connectivity index (χ2n) is 3.76. The number of aliphatic hydroxyl groups is 1. The van der Waals surface area contributed by atoms with E-state index in [0.717, 1.165) is 6.42 Å². The van der Waals surface area contributed by atoms with Crippen molar-refractivity contribution >= 4 is 5.97 Å². The molecule has 0 aliphatic heterocycles. The van der Waals surface area contributed by atoms with Crippen LogP contribution in [0.3, 0.4) is 0 Å². The first-order valence-corrected chi connectivity index (χ1v) is 6.26. The van der Waals surface area contributed by atoms with Crippen LogP contribution < -0.4 is 0 Å². The topological polar surface area (TPSA) is 46.5 Å². The first-order valence-electron chi connectivity index (χ1n) is 6.26. The predicted octanol–water partition coefficient (Wildman–Crippen LogP) is 2.22. The summed E-state index contributed by atoms with van der Waals surface area (Å²) in [6, 6.07) is 0. The van der Waals surface area contributed by atoms with Gasteiger partial charge in [-0.15, -0.1) is 0 Å². The summed E-state index contributed by atoms with van der Waals surface area (Å²) in [6.07, 6.45) is 8.88. The van der Waals surface area contributed by atoms with E-state index in [1.54, 1.807) is 12.2 Å². The first-order chi connectivity index (χ1) is 9.20. The minimum atomic E-state index is -0.318. The van der Waals surface area contributed by atoms with E-state index >= 15 is 0 Å². The number of rotatable bonds is 6. The van der Waals surface area contributed by atoms with Gasteiger partial charge in [-0.2, -0.15) is 0 Å². The zero-order valence-electron chi connectivity index (χ0n) is 11.5. The number of esters is 1. The number of hydrogen-bond donors (Lipinski definition) is 1. The maximum absolute atomic E-state index is 10.8. The molecule has 0 amide bonds. The van der Waals surface area contributed by atoms with Crippen molar-refractivity contribution in [3.8, 4) is 23.7 Å². The van der Waals surface area contributed by atoms with E-state index in [4.69, 9.17) is 9.84 Å². The molecule has 0 aromatic rings. The molecule has 3 nitrogen and oxygen atoms in total. The van der Waals surface area contributed by atoms with Gasteiger partial charge in [0.1, 0.15) is 6.10 Å². The molecule has 19 heavy (non-hydrogen) atoms. The molecule has 1 unspecified atom stereocenters. The summed E-state index contributed by atoms with van der Waals surface area (Å²) in [5.74, 6) is 10.6. The SMILES string of the molecule is C/C=C/C#CC#C/C=C/CCC(CCO)OC(C)=O. The van der Waals surface area contributed by atoms with Crippen LogP contribution in [0.4, 0.5) is 0 Å². The molecular formula is C16H20O3. The van der Waals surface area contributed by atoms with Crippen LogP contribution >= 0.6 is 0 Å². The zero-order chi connectivity index (χ0) is 14.3. The van der Waals surface area contributed by atoms with E-state index < -0.39 is 0 Å². The number of carbonyl (C=O) groups excluding carboxylic acids is 1. The van der Waals surface area contributed by atoms with Crippen molar-refractivity contribution in [1.82, 2.24) is 0 Å². The maximum atomic E-state index is 10.8. The Hall–Kier alpha value is -1.97. The lowest BCUT2D eigenvalue weighted by Gasteiger charge is -2.14. The Balaban J connectivity index is 3.98. The van der Waals surface area contributed by atoms with Crippen LogP contribution in [0.2, 0.25) is 0 Å². The average Bonchev–Trinajstić information content (AvgIpc) is 2.36. The van der Waals surface area contributed by atoms with Gasteiger partial charge in [0.05, 0.1) is 0 Å². The lowest BCUT2D eigenvalue weighted by atomic mass is 10.1. The Morgan fingerprint density at radius 1 is 1.26 bits per heavy atom. The summed E-state index contributed by atoms with van der Waals surface area (Å²) >= 11 is 0. The molecule has 0 heterocycles. The summed E-state index contributed by atoms with van der Waals surface area (Å²) in [4.78, 5) is 10.8. The molecule has 0 aromatic carbocycles. The number of allylic oxidation sites excluding steroid dienone is 4. The highest BCUT2D eigenvalue weighted by molar-refractivity contribution is 5.66. The van der Waals surface area contributed by atoms with Gasteiger partial charge in [-0.25, -0.2) is 0 Å². The smallest absolute Gasteiger partial charge is 0.302 e. The summed E-state index contributed by atoms with van der Waals surface area (Å²) < 4.78 is 5.06. The number of hydrogen-bond acceptors (Lipinski definition) is 3. The Kier molecular flexibility index (Phi) is 11.2. The lowest BCUT2D eigenvalue weighted by molar-refractivity contribution is -0.147. The van der Waals surface area contributed by atoms with E-state index in [-0.39, 0.29) is 18.7 Å². The molecule has 0 saturated heterocycles. The summed E-state index contributed by atoms with van der Waals surface area (Å²) in [5.41, 5.74) is 0. The number of aliphatic hydroxyl groups excluding tert-OH is 1. The first kappa shape index (κ1) is 17.0. The molecule has 0 fully saturated rings. The molecule has 1 atom stereocenters. The Morgan fingerprint density at radius 2 is 1.95 bits per heavy atom. The Morgan fingerprint density at radius 3 is 2.53 bits per heavy atom. The molecule has 0 aromatic heterocycles. The van der Waals surface area contributed by atoms with Gasteiger partial charge in [-0.3, -0.25) is 4.79 Å². The fraction of sp³-hybridized carbons (Fsp3) is 0.438. The van der Waals surface area contributed by atoms with Crippen LogP contribution in [0.1, 0.15) is 33.1 Å². The zero-order valence-corrected chi connectivity index (χ0v) is 11.5. The van der Waals surface area contributed by atoms with Gasteiger partial charge in [0.2, 0.25) is 0 Å². The largest absolute Gasteiger partial charge is 0.462 e. The monoisotopic (exact) mass is 260 g/mol. The molecule has 0 saturated carbocycles. The van der Waals surface area contributed by atoms with Crippen LogP contribution in [0.5, 0.6) is 0 Å². The number of ether oxygens (including phenoxy) is 1. The molecule has 0 spiro atoms. The molecule has 0 aliphatic carbocycles. The fourth-order valence-corrected chi connectivity index (χ4v) is 1.30. The van der Waals surface area contributed by atoms with E-state index in [2.05, 4.69) is 23.7 Å². The third kappa shape index (κ3) is 12.3. The van der Waals surface area contributed by atoms with Crippen LogP contribution in [0.15, 0.2) is 24.3 Å². The third-order valence-electron chi connectivity index (χ3n) is 2.10. The second-order valence-corrected chi connectivity index (χ2v) is 3.76. The van der Waals surface area contributed by atoms with Gasteiger partial charge in [0.15, 0.2) is 0 Å². The van der Waals surface area contributed by atoms with Crippen LogP contribution in [0, 0.1) is 23.7 Å². The highest BCUT2D eigenvalue weighted by Crippen LogP contribution is 2.07. The van der Waals surface area contributed by atoms with Crippen LogP contribution in [0.25, 0.3) is 0 Å². The molecular weight excluding hydrogens is 240 g/mol. The second kappa shape index (κ2) is 12.5. The molecule has 0 radical (unpaired) electrons. The van der Waals surface area contributed by atoms with Crippen molar-refractivity contribution in [2.45, 2.75) is 39.2 Å². The molecule has 102 valence electrons. The maximum Gasteiger partial charge on any atom is 0.302 e. The highest BCUT2D eigenvalue weighted by atomic mass is 16.5. The summed E-state index contributed by atoms with van der Waals surface area (Å²) in [5, 5.41) is 8.84. The van der Waals surface area contributed by atoms with Crippen LogP contribution in [-0.4, -0.2) is 23.8 Å². The standard InChI is InChI=1S/C16H20O3/c1-3-4-5-6-7-8-9-10-11-12-16(13-14-17)19-15(2)18/h3-4,9-10,16-17H,11-14H2,1-2H3/b4-3+,10-9+. The van der Waals surface area contributed by atoms with Gasteiger partial charge in [-0.05, 0) is 43.8 Å². The average molecular weight is 260 g/mol. The Labute approximate surface area is 115 Å². The third-order valence-corrected chi connectivity index (χ3v) is 2.10. The van der Waals surface area contributed by atoms with Gasteiger partial charge < -0.3 is 9.84 Å². The van der Waals surface area contributed by atoms with Crippen LogP contribution in [-0.2, 0) is 9.53 Å². The van der Waals surface area contributed by atoms with Crippen molar-refractivity contribution in [1.29, 1.82) is 0 Å². The lowest BCUT2D eigenvalue weighted by Crippen LogP contribution is -2.17. The Bertz CT molecular complexity index is 424.